The van der Waals surface area contributed by atoms with Crippen LogP contribution in [0.15, 0.2) is 12.1 Å². The molecule has 0 spiro atoms. The highest BCUT2D eigenvalue weighted by Gasteiger charge is 2.43. The Hall–Kier alpha value is -2.36. The molecular weight excluding hydrogens is 254 g/mol. The Morgan fingerprint density at radius 1 is 1.61 bits per heavy atom. The van der Waals surface area contributed by atoms with Crippen LogP contribution in [0.4, 0.5) is 14.6 Å². The van der Waals surface area contributed by atoms with Crippen molar-refractivity contribution in [3.05, 3.63) is 27.9 Å². The Kier molecular flexibility index (Phi) is 3.71. The van der Waals surface area contributed by atoms with Gasteiger partial charge in [-0.15, -0.1) is 0 Å². The third-order valence-corrected chi connectivity index (χ3v) is 1.79. The number of aromatic nitrogens is 1. The molecule has 0 fully saturated rings. The molecule has 0 saturated heterocycles. The molecule has 18 heavy (non-hydrogen) atoms. The number of nitro groups is 1. The number of ether oxygens (including phenoxy) is 1. The largest absolute Gasteiger partial charge is 0.483 e. The lowest BCUT2D eigenvalue weighted by molar-refractivity contribution is -0.391. The zero-order valence-electron chi connectivity index (χ0n) is 9.02. The number of amides is 1. The van der Waals surface area contributed by atoms with Crippen molar-refractivity contribution in [1.82, 2.24) is 10.4 Å². The number of halogens is 2. The average molecular weight is 262 g/mol. The van der Waals surface area contributed by atoms with E-state index in [-0.39, 0.29) is 5.69 Å². The van der Waals surface area contributed by atoms with E-state index in [1.807, 2.05) is 0 Å². The van der Waals surface area contributed by atoms with E-state index in [2.05, 4.69) is 15.6 Å². The number of nitrogens with two attached hydrogens (primary N) is 1. The summed E-state index contributed by atoms with van der Waals surface area (Å²) in [7, 11) is 0. The monoisotopic (exact) mass is 262 g/mol. The first-order valence-corrected chi connectivity index (χ1v) is 4.48. The van der Waals surface area contributed by atoms with E-state index in [1.54, 1.807) is 0 Å². The van der Waals surface area contributed by atoms with Crippen LogP contribution in [0.5, 0.6) is 5.75 Å². The number of hydrogen-bond acceptors (Lipinski definition) is 6. The minimum Gasteiger partial charge on any atom is -0.416 e. The van der Waals surface area contributed by atoms with E-state index in [0.29, 0.717) is 0 Å². The summed E-state index contributed by atoms with van der Waals surface area (Å²) in [6.07, 6.45) is -4.34. The molecule has 1 rings (SSSR count). The van der Waals surface area contributed by atoms with Crippen LogP contribution in [0.3, 0.4) is 0 Å². The predicted molar refractivity (Wildman–Crippen MR) is 53.5 cm³/mol. The van der Waals surface area contributed by atoms with E-state index in [4.69, 9.17) is 0 Å². The normalized spacial score (nSPS) is 10.9. The zero-order chi connectivity index (χ0) is 13.9. The van der Waals surface area contributed by atoms with Crippen LogP contribution in [0.1, 0.15) is 5.69 Å². The number of aryl methyl sites for hydroxylation is 1. The number of hydrazine groups is 1. The summed E-state index contributed by atoms with van der Waals surface area (Å²) in [6.45, 7) is 1.43. The summed E-state index contributed by atoms with van der Waals surface area (Å²) in [5.74, 6) is 0.841. The summed E-state index contributed by atoms with van der Waals surface area (Å²) in [4.78, 5) is 23.7. The number of nitrogens with zero attached hydrogens (tertiary/aromatic N) is 2. The second-order valence-electron chi connectivity index (χ2n) is 3.12. The molecule has 0 bridgehead atoms. The Labute approximate surface area is 98.9 Å². The highest BCUT2D eigenvalue weighted by atomic mass is 19.3. The lowest BCUT2D eigenvalue weighted by atomic mass is 10.3. The fraction of sp³-hybridized carbons (Fsp3) is 0.250. The van der Waals surface area contributed by atoms with Gasteiger partial charge >= 0.3 is 17.8 Å². The Morgan fingerprint density at radius 2 is 2.22 bits per heavy atom. The fourth-order valence-electron chi connectivity index (χ4n) is 1.01. The molecule has 0 unspecified atom stereocenters. The molecule has 10 heteroatoms. The molecule has 0 aliphatic carbocycles. The summed E-state index contributed by atoms with van der Waals surface area (Å²) >= 11 is 0. The lowest BCUT2D eigenvalue weighted by Crippen LogP contribution is -2.47. The Bertz CT molecular complexity index is 494. The van der Waals surface area contributed by atoms with Crippen molar-refractivity contribution in [2.24, 2.45) is 5.84 Å². The molecule has 0 atom stereocenters. The molecule has 0 radical (unpaired) electrons. The number of pyridine rings is 1. The van der Waals surface area contributed by atoms with Gasteiger partial charge in [-0.1, -0.05) is 0 Å². The maximum absolute atomic E-state index is 13.1. The number of hydrogen-bond donors (Lipinski definition) is 2. The minimum atomic E-state index is -4.34. The molecule has 1 heterocycles. The smallest absolute Gasteiger partial charge is 0.416 e. The summed E-state index contributed by atoms with van der Waals surface area (Å²) in [5, 5.41) is 10.6. The van der Waals surface area contributed by atoms with Crippen molar-refractivity contribution >= 4 is 11.7 Å². The van der Waals surface area contributed by atoms with Gasteiger partial charge in [-0.25, -0.2) is 5.84 Å². The summed E-state index contributed by atoms with van der Waals surface area (Å²) in [6, 6.07) is 2.14. The molecule has 98 valence electrons. The van der Waals surface area contributed by atoms with E-state index in [9.17, 15) is 23.7 Å². The van der Waals surface area contributed by atoms with Gasteiger partial charge in [0.2, 0.25) is 5.75 Å². The Morgan fingerprint density at radius 3 is 2.72 bits per heavy atom. The van der Waals surface area contributed by atoms with E-state index in [1.165, 1.54) is 18.4 Å². The van der Waals surface area contributed by atoms with E-state index < -0.39 is 28.5 Å². The third-order valence-electron chi connectivity index (χ3n) is 1.79. The van der Waals surface area contributed by atoms with E-state index in [0.717, 1.165) is 6.07 Å². The van der Waals surface area contributed by atoms with Crippen molar-refractivity contribution < 1.29 is 23.2 Å². The molecule has 0 aromatic carbocycles. The molecule has 0 aliphatic heterocycles. The summed E-state index contributed by atoms with van der Waals surface area (Å²) < 4.78 is 30.1. The molecular formula is C8H8F2N4O4. The van der Waals surface area contributed by atoms with Crippen LogP contribution >= 0.6 is 0 Å². The second-order valence-corrected chi connectivity index (χ2v) is 3.12. The molecule has 1 aromatic heterocycles. The average Bonchev–Trinajstić information content (AvgIpc) is 2.29. The molecule has 3 N–H and O–H groups in total. The van der Waals surface area contributed by atoms with Crippen LogP contribution in [-0.2, 0) is 4.79 Å². The fourth-order valence-corrected chi connectivity index (χ4v) is 1.01. The first kappa shape index (κ1) is 13.7. The molecule has 8 nitrogen and oxygen atoms in total. The first-order chi connectivity index (χ1) is 8.27. The van der Waals surface area contributed by atoms with Crippen LogP contribution < -0.4 is 16.0 Å². The zero-order valence-corrected chi connectivity index (χ0v) is 9.02. The maximum Gasteiger partial charge on any atom is 0.483 e. The Balaban J connectivity index is 3.11. The van der Waals surface area contributed by atoms with Crippen LogP contribution in [0.2, 0.25) is 0 Å². The molecule has 1 aromatic rings. The quantitative estimate of drug-likeness (QED) is 0.347. The topological polar surface area (TPSA) is 120 Å². The van der Waals surface area contributed by atoms with Gasteiger partial charge in [0, 0.05) is 6.92 Å². The van der Waals surface area contributed by atoms with Crippen molar-refractivity contribution in [2.75, 3.05) is 0 Å². The van der Waals surface area contributed by atoms with Crippen molar-refractivity contribution in [2.45, 2.75) is 13.0 Å². The van der Waals surface area contributed by atoms with Crippen LogP contribution in [0.25, 0.3) is 0 Å². The highest BCUT2D eigenvalue weighted by molar-refractivity contribution is 5.81. The SMILES string of the molecule is Cc1ccc(OC(F)(F)C(=O)NN)c([N+](=O)[O-])n1. The van der Waals surface area contributed by atoms with Gasteiger partial charge in [0.05, 0.1) is 0 Å². The predicted octanol–water partition coefficient (Wildman–Crippen LogP) is 0.260. The second kappa shape index (κ2) is 4.87. The van der Waals surface area contributed by atoms with Gasteiger partial charge in [0.1, 0.15) is 5.69 Å². The standard InChI is InChI=1S/C8H8F2N4O4/c1-4-2-3-5(6(12-4)14(16)17)18-8(9,10)7(15)13-11/h2-3H,11H2,1H3,(H,13,15). The van der Waals surface area contributed by atoms with E-state index >= 15 is 0 Å². The number of carbonyl (C=O) groups excluding carboxylic acids is 1. The summed E-state index contributed by atoms with van der Waals surface area (Å²) in [5.41, 5.74) is 1.42. The third kappa shape index (κ3) is 2.85. The molecule has 0 saturated carbocycles. The molecule has 1 amide bonds. The number of nitrogens with one attached hydrogen (secondary N) is 1. The maximum atomic E-state index is 13.1. The van der Waals surface area contributed by atoms with Crippen LogP contribution in [0, 0.1) is 17.0 Å². The van der Waals surface area contributed by atoms with Gasteiger partial charge in [0.15, 0.2) is 0 Å². The minimum absolute atomic E-state index is 0.237. The number of rotatable bonds is 4. The van der Waals surface area contributed by atoms with Crippen molar-refractivity contribution in [1.29, 1.82) is 0 Å². The molecule has 0 aliphatic rings. The van der Waals surface area contributed by atoms with Crippen molar-refractivity contribution in [3.63, 3.8) is 0 Å². The van der Waals surface area contributed by atoms with Crippen LogP contribution in [-0.4, -0.2) is 21.9 Å². The van der Waals surface area contributed by atoms with Crippen molar-refractivity contribution in [3.8, 4) is 5.75 Å². The van der Waals surface area contributed by atoms with Gasteiger partial charge in [-0.05, 0) is 22.0 Å². The highest BCUT2D eigenvalue weighted by Crippen LogP contribution is 2.29. The van der Waals surface area contributed by atoms with Gasteiger partial charge in [-0.3, -0.25) is 10.2 Å². The first-order valence-electron chi connectivity index (χ1n) is 4.48. The van der Waals surface area contributed by atoms with Gasteiger partial charge in [-0.2, -0.15) is 8.78 Å². The lowest BCUT2D eigenvalue weighted by Gasteiger charge is -2.15. The van der Waals surface area contributed by atoms with Gasteiger partial charge in [0.25, 0.3) is 0 Å². The number of alkyl halides is 2. The number of carbonyl (C=O) groups is 1. The van der Waals surface area contributed by atoms with Gasteiger partial charge < -0.3 is 14.9 Å².